The highest BCUT2D eigenvalue weighted by molar-refractivity contribution is 5.92. The van der Waals surface area contributed by atoms with Crippen molar-refractivity contribution < 1.29 is 4.79 Å². The molecule has 1 amide bonds. The van der Waals surface area contributed by atoms with Crippen LogP contribution in [0.1, 0.15) is 55.9 Å². The van der Waals surface area contributed by atoms with Crippen molar-refractivity contribution in [2.45, 2.75) is 51.5 Å². The van der Waals surface area contributed by atoms with E-state index in [1.54, 1.807) is 6.07 Å². The summed E-state index contributed by atoms with van der Waals surface area (Å²) >= 11 is 0. The summed E-state index contributed by atoms with van der Waals surface area (Å²) in [5.74, 6) is 0.632. The van der Waals surface area contributed by atoms with Gasteiger partial charge in [-0.05, 0) is 19.3 Å². The van der Waals surface area contributed by atoms with Crippen LogP contribution in [0.15, 0.2) is 12.4 Å². The molecular weight excluding hydrogens is 240 g/mol. The largest absolute Gasteiger partial charge is 0.367 e. The SMILES string of the molecule is CCCCNC(=O)c1cc(NC2CCCC2)ncn1. The Morgan fingerprint density at radius 1 is 1.37 bits per heavy atom. The summed E-state index contributed by atoms with van der Waals surface area (Å²) in [7, 11) is 0. The molecule has 1 heterocycles. The van der Waals surface area contributed by atoms with E-state index in [1.807, 2.05) is 0 Å². The number of amides is 1. The third kappa shape index (κ3) is 4.19. The summed E-state index contributed by atoms with van der Waals surface area (Å²) in [5.41, 5.74) is 0.437. The van der Waals surface area contributed by atoms with Crippen LogP contribution in [0, 0.1) is 0 Å². The molecule has 2 N–H and O–H groups in total. The first-order chi connectivity index (χ1) is 9.29. The number of hydrogen-bond donors (Lipinski definition) is 2. The van der Waals surface area contributed by atoms with Crippen LogP contribution in [0.3, 0.4) is 0 Å². The van der Waals surface area contributed by atoms with E-state index in [0.717, 1.165) is 18.7 Å². The molecule has 5 heteroatoms. The van der Waals surface area contributed by atoms with Gasteiger partial charge in [-0.15, -0.1) is 0 Å². The lowest BCUT2D eigenvalue weighted by Crippen LogP contribution is -2.25. The Kier molecular flexibility index (Phi) is 5.12. The molecule has 0 bridgehead atoms. The Morgan fingerprint density at radius 2 is 2.16 bits per heavy atom. The fourth-order valence-corrected chi connectivity index (χ4v) is 2.31. The summed E-state index contributed by atoms with van der Waals surface area (Å²) in [6, 6.07) is 2.23. The molecule has 5 nitrogen and oxygen atoms in total. The highest BCUT2D eigenvalue weighted by Crippen LogP contribution is 2.21. The van der Waals surface area contributed by atoms with Gasteiger partial charge in [0.1, 0.15) is 17.8 Å². The van der Waals surface area contributed by atoms with E-state index in [1.165, 1.54) is 32.0 Å². The summed E-state index contributed by atoms with van der Waals surface area (Å²) in [6.07, 6.45) is 8.42. The molecule has 1 saturated carbocycles. The van der Waals surface area contributed by atoms with E-state index in [2.05, 4.69) is 27.5 Å². The highest BCUT2D eigenvalue weighted by Gasteiger charge is 2.16. The van der Waals surface area contributed by atoms with E-state index in [4.69, 9.17) is 0 Å². The summed E-state index contributed by atoms with van der Waals surface area (Å²) in [5, 5.41) is 6.24. The molecule has 104 valence electrons. The molecule has 0 atom stereocenters. The van der Waals surface area contributed by atoms with Crippen molar-refractivity contribution in [2.24, 2.45) is 0 Å². The number of unbranched alkanes of at least 4 members (excludes halogenated alkanes) is 1. The first-order valence-electron chi connectivity index (χ1n) is 7.16. The van der Waals surface area contributed by atoms with E-state index in [9.17, 15) is 4.79 Å². The van der Waals surface area contributed by atoms with Crippen LogP contribution >= 0.6 is 0 Å². The average molecular weight is 262 g/mol. The Morgan fingerprint density at radius 3 is 2.89 bits per heavy atom. The Bertz CT molecular complexity index is 416. The number of aromatic nitrogens is 2. The van der Waals surface area contributed by atoms with Gasteiger partial charge >= 0.3 is 0 Å². The highest BCUT2D eigenvalue weighted by atomic mass is 16.1. The molecule has 19 heavy (non-hydrogen) atoms. The summed E-state index contributed by atoms with van der Waals surface area (Å²) in [4.78, 5) is 20.1. The quantitative estimate of drug-likeness (QED) is 0.772. The standard InChI is InChI=1S/C14H22N4O/c1-2-3-8-15-14(19)12-9-13(17-10-16-12)18-11-6-4-5-7-11/h9-11H,2-8H2,1H3,(H,15,19)(H,16,17,18). The lowest BCUT2D eigenvalue weighted by Gasteiger charge is -2.12. The van der Waals surface area contributed by atoms with Gasteiger partial charge in [0, 0.05) is 18.7 Å². The maximum atomic E-state index is 11.9. The van der Waals surface area contributed by atoms with Gasteiger partial charge < -0.3 is 10.6 Å². The van der Waals surface area contributed by atoms with E-state index in [0.29, 0.717) is 18.3 Å². The van der Waals surface area contributed by atoms with Gasteiger partial charge in [-0.2, -0.15) is 0 Å². The minimum Gasteiger partial charge on any atom is -0.367 e. The topological polar surface area (TPSA) is 66.9 Å². The average Bonchev–Trinajstić information content (AvgIpc) is 2.92. The Balaban J connectivity index is 1.91. The zero-order valence-electron chi connectivity index (χ0n) is 11.5. The maximum absolute atomic E-state index is 11.9. The van der Waals surface area contributed by atoms with E-state index < -0.39 is 0 Å². The van der Waals surface area contributed by atoms with Crippen LogP contribution in [0.25, 0.3) is 0 Å². The van der Waals surface area contributed by atoms with Crippen LogP contribution in [0.5, 0.6) is 0 Å². The molecule has 1 aliphatic carbocycles. The predicted octanol–water partition coefficient (Wildman–Crippen LogP) is 2.36. The second kappa shape index (κ2) is 7.07. The Labute approximate surface area is 114 Å². The van der Waals surface area contributed by atoms with E-state index in [-0.39, 0.29) is 5.91 Å². The predicted molar refractivity (Wildman–Crippen MR) is 75.2 cm³/mol. The number of carbonyl (C=O) groups is 1. The van der Waals surface area contributed by atoms with Gasteiger partial charge in [0.2, 0.25) is 0 Å². The monoisotopic (exact) mass is 262 g/mol. The number of hydrogen-bond acceptors (Lipinski definition) is 4. The van der Waals surface area contributed by atoms with Gasteiger partial charge in [-0.25, -0.2) is 9.97 Å². The number of nitrogens with one attached hydrogen (secondary N) is 2. The zero-order valence-corrected chi connectivity index (χ0v) is 11.5. The second-order valence-electron chi connectivity index (χ2n) is 5.02. The molecule has 0 aromatic carbocycles. The zero-order chi connectivity index (χ0) is 13.5. The van der Waals surface area contributed by atoms with Crippen molar-refractivity contribution in [3.05, 3.63) is 18.1 Å². The van der Waals surface area contributed by atoms with E-state index >= 15 is 0 Å². The number of rotatable bonds is 6. The minimum atomic E-state index is -0.120. The molecule has 1 aromatic rings. The lowest BCUT2D eigenvalue weighted by atomic mass is 10.2. The molecule has 0 radical (unpaired) electrons. The van der Waals surface area contributed by atoms with Gasteiger partial charge in [0.05, 0.1) is 0 Å². The van der Waals surface area contributed by atoms with Crippen molar-refractivity contribution in [3.8, 4) is 0 Å². The van der Waals surface area contributed by atoms with Crippen molar-refractivity contribution >= 4 is 11.7 Å². The van der Waals surface area contributed by atoms with Gasteiger partial charge in [-0.1, -0.05) is 26.2 Å². The molecule has 1 aliphatic rings. The fraction of sp³-hybridized carbons (Fsp3) is 0.643. The number of nitrogens with zero attached hydrogens (tertiary/aromatic N) is 2. The molecule has 0 saturated heterocycles. The van der Waals surface area contributed by atoms with Crippen molar-refractivity contribution in [2.75, 3.05) is 11.9 Å². The molecule has 2 rings (SSSR count). The lowest BCUT2D eigenvalue weighted by molar-refractivity contribution is 0.0948. The molecule has 1 fully saturated rings. The smallest absolute Gasteiger partial charge is 0.270 e. The summed E-state index contributed by atoms with van der Waals surface area (Å²) in [6.45, 7) is 2.80. The van der Waals surface area contributed by atoms with Crippen molar-refractivity contribution in [1.29, 1.82) is 0 Å². The third-order valence-corrected chi connectivity index (χ3v) is 3.42. The first kappa shape index (κ1) is 13.8. The summed E-state index contributed by atoms with van der Waals surface area (Å²) < 4.78 is 0. The molecular formula is C14H22N4O. The van der Waals surface area contributed by atoms with Crippen molar-refractivity contribution in [3.63, 3.8) is 0 Å². The van der Waals surface area contributed by atoms with Crippen LogP contribution in [0.2, 0.25) is 0 Å². The fourth-order valence-electron chi connectivity index (χ4n) is 2.31. The normalized spacial score (nSPS) is 15.4. The molecule has 0 unspecified atom stereocenters. The van der Waals surface area contributed by atoms with Gasteiger partial charge in [0.25, 0.3) is 5.91 Å². The maximum Gasteiger partial charge on any atom is 0.270 e. The van der Waals surface area contributed by atoms with Gasteiger partial charge in [-0.3, -0.25) is 4.79 Å². The van der Waals surface area contributed by atoms with Crippen LogP contribution < -0.4 is 10.6 Å². The van der Waals surface area contributed by atoms with Crippen LogP contribution in [-0.2, 0) is 0 Å². The van der Waals surface area contributed by atoms with Crippen molar-refractivity contribution in [1.82, 2.24) is 15.3 Å². The first-order valence-corrected chi connectivity index (χ1v) is 7.16. The molecule has 1 aromatic heterocycles. The number of anilines is 1. The third-order valence-electron chi connectivity index (χ3n) is 3.42. The number of carbonyl (C=O) groups excluding carboxylic acids is 1. The minimum absolute atomic E-state index is 0.120. The second-order valence-corrected chi connectivity index (χ2v) is 5.02. The van der Waals surface area contributed by atoms with Gasteiger partial charge in [0.15, 0.2) is 0 Å². The Hall–Kier alpha value is -1.65. The molecule has 0 spiro atoms. The van der Waals surface area contributed by atoms with Crippen LogP contribution in [0.4, 0.5) is 5.82 Å². The molecule has 0 aliphatic heterocycles. The van der Waals surface area contributed by atoms with Crippen LogP contribution in [-0.4, -0.2) is 28.5 Å².